The third-order valence-corrected chi connectivity index (χ3v) is 3.40. The molecule has 0 fully saturated rings. The predicted molar refractivity (Wildman–Crippen MR) is 58.6 cm³/mol. The largest absolute Gasteiger partial charge is 0.477 e. The number of hydrogen-bond donors (Lipinski definition) is 2. The van der Waals surface area contributed by atoms with Crippen molar-refractivity contribution in [1.29, 1.82) is 0 Å². The molecule has 4 nitrogen and oxygen atoms in total. The Balaban J connectivity index is 5.03. The van der Waals surface area contributed by atoms with Crippen molar-refractivity contribution in [2.24, 2.45) is 0 Å². The standard InChI is InChI=1S/C8H12O4S2/c1-3-13-8(14-4-2)5(6(9)10)7(11)12/h3-4H2,1-2H3,(H,9,10)(H,11,12). The van der Waals surface area contributed by atoms with E-state index in [2.05, 4.69) is 0 Å². The quantitative estimate of drug-likeness (QED) is 0.416. The fraction of sp³-hybridized carbons (Fsp3) is 0.500. The third-order valence-electron chi connectivity index (χ3n) is 1.18. The van der Waals surface area contributed by atoms with Gasteiger partial charge in [0.05, 0.1) is 4.24 Å². The lowest BCUT2D eigenvalue weighted by Gasteiger charge is -2.05. The molecule has 2 N–H and O–H groups in total. The first kappa shape index (κ1) is 13.4. The molecule has 0 saturated carbocycles. The van der Waals surface area contributed by atoms with Gasteiger partial charge in [0.15, 0.2) is 5.57 Å². The summed E-state index contributed by atoms with van der Waals surface area (Å²) < 4.78 is 0.370. The second-order valence-electron chi connectivity index (χ2n) is 2.14. The van der Waals surface area contributed by atoms with Crippen LogP contribution >= 0.6 is 23.5 Å². The molecular weight excluding hydrogens is 224 g/mol. The van der Waals surface area contributed by atoms with Crippen LogP contribution in [0.25, 0.3) is 0 Å². The molecular formula is C8H12O4S2. The second kappa shape index (κ2) is 6.78. The first-order valence-corrected chi connectivity index (χ1v) is 5.98. The van der Waals surface area contributed by atoms with Gasteiger partial charge in [0, 0.05) is 0 Å². The molecule has 14 heavy (non-hydrogen) atoms. The predicted octanol–water partition coefficient (Wildman–Crippen LogP) is 1.87. The maximum absolute atomic E-state index is 10.7. The Morgan fingerprint density at radius 3 is 1.57 bits per heavy atom. The summed E-state index contributed by atoms with van der Waals surface area (Å²) in [6, 6.07) is 0. The molecule has 0 aromatic rings. The van der Waals surface area contributed by atoms with E-state index in [0.717, 1.165) is 0 Å². The topological polar surface area (TPSA) is 74.6 Å². The van der Waals surface area contributed by atoms with E-state index >= 15 is 0 Å². The van der Waals surface area contributed by atoms with Crippen LogP contribution in [0.1, 0.15) is 13.8 Å². The SMILES string of the molecule is CCSC(SCC)=C(C(=O)O)C(=O)O. The van der Waals surface area contributed by atoms with Gasteiger partial charge in [0.1, 0.15) is 0 Å². The molecule has 80 valence electrons. The summed E-state index contributed by atoms with van der Waals surface area (Å²) >= 11 is 2.49. The van der Waals surface area contributed by atoms with Crippen LogP contribution in [0.15, 0.2) is 9.81 Å². The van der Waals surface area contributed by atoms with Gasteiger partial charge in [-0.05, 0) is 11.5 Å². The highest BCUT2D eigenvalue weighted by Crippen LogP contribution is 2.31. The van der Waals surface area contributed by atoms with Crippen LogP contribution in [0.3, 0.4) is 0 Å². The van der Waals surface area contributed by atoms with Crippen LogP contribution in [-0.4, -0.2) is 33.7 Å². The van der Waals surface area contributed by atoms with Gasteiger partial charge in [-0.3, -0.25) is 0 Å². The van der Waals surface area contributed by atoms with Crippen molar-refractivity contribution in [1.82, 2.24) is 0 Å². The molecule has 0 aromatic heterocycles. The van der Waals surface area contributed by atoms with Gasteiger partial charge in [-0.25, -0.2) is 9.59 Å². The Kier molecular flexibility index (Phi) is 6.48. The van der Waals surface area contributed by atoms with E-state index in [4.69, 9.17) is 10.2 Å². The average Bonchev–Trinajstić information content (AvgIpc) is 2.03. The lowest BCUT2D eigenvalue weighted by molar-refractivity contribution is -0.140. The molecule has 0 aromatic carbocycles. The number of carboxylic acid groups (broad SMARTS) is 2. The summed E-state index contributed by atoms with van der Waals surface area (Å²) in [7, 11) is 0. The van der Waals surface area contributed by atoms with E-state index in [1.807, 2.05) is 13.8 Å². The number of carboxylic acids is 2. The Morgan fingerprint density at radius 1 is 1.00 bits per heavy atom. The van der Waals surface area contributed by atoms with Crippen LogP contribution in [0.2, 0.25) is 0 Å². The highest BCUT2D eigenvalue weighted by molar-refractivity contribution is 8.22. The maximum Gasteiger partial charge on any atom is 0.344 e. The van der Waals surface area contributed by atoms with Crippen molar-refractivity contribution in [2.45, 2.75) is 13.8 Å². The van der Waals surface area contributed by atoms with Gasteiger partial charge < -0.3 is 10.2 Å². The third kappa shape index (κ3) is 4.06. The first-order valence-electron chi connectivity index (χ1n) is 4.01. The van der Waals surface area contributed by atoms with Crippen molar-refractivity contribution < 1.29 is 19.8 Å². The fourth-order valence-corrected chi connectivity index (χ4v) is 2.92. The highest BCUT2D eigenvalue weighted by Gasteiger charge is 2.22. The van der Waals surface area contributed by atoms with E-state index in [1.54, 1.807) is 0 Å². The van der Waals surface area contributed by atoms with Crippen molar-refractivity contribution in [2.75, 3.05) is 11.5 Å². The minimum absolute atomic E-state index is 0.370. The summed E-state index contributed by atoms with van der Waals surface area (Å²) in [5, 5.41) is 17.4. The van der Waals surface area contributed by atoms with E-state index in [9.17, 15) is 9.59 Å². The molecule has 0 aliphatic rings. The van der Waals surface area contributed by atoms with Crippen molar-refractivity contribution in [3.63, 3.8) is 0 Å². The Morgan fingerprint density at radius 2 is 1.36 bits per heavy atom. The van der Waals surface area contributed by atoms with Gasteiger partial charge in [-0.2, -0.15) is 0 Å². The van der Waals surface area contributed by atoms with E-state index in [0.29, 0.717) is 15.7 Å². The van der Waals surface area contributed by atoms with Gasteiger partial charge in [0.25, 0.3) is 0 Å². The summed E-state index contributed by atoms with van der Waals surface area (Å²) in [4.78, 5) is 21.3. The Hall–Kier alpha value is -0.620. The van der Waals surface area contributed by atoms with E-state index in [-0.39, 0.29) is 0 Å². The van der Waals surface area contributed by atoms with Gasteiger partial charge in [-0.15, -0.1) is 23.5 Å². The van der Waals surface area contributed by atoms with Crippen LogP contribution < -0.4 is 0 Å². The van der Waals surface area contributed by atoms with Gasteiger partial charge in [0.2, 0.25) is 0 Å². The lowest BCUT2D eigenvalue weighted by atomic mass is 10.3. The molecule has 0 aliphatic carbocycles. The van der Waals surface area contributed by atoms with Crippen LogP contribution in [-0.2, 0) is 9.59 Å². The van der Waals surface area contributed by atoms with E-state index < -0.39 is 17.5 Å². The number of hydrogen-bond acceptors (Lipinski definition) is 4. The van der Waals surface area contributed by atoms with Crippen molar-refractivity contribution in [3.8, 4) is 0 Å². The Bertz CT molecular complexity index is 236. The number of rotatable bonds is 6. The van der Waals surface area contributed by atoms with Crippen molar-refractivity contribution in [3.05, 3.63) is 9.81 Å². The fourth-order valence-electron chi connectivity index (χ4n) is 0.714. The molecule has 0 saturated heterocycles. The normalized spacial score (nSPS) is 9.57. The van der Waals surface area contributed by atoms with Crippen LogP contribution in [0, 0.1) is 0 Å². The molecule has 0 atom stereocenters. The molecule has 0 rings (SSSR count). The van der Waals surface area contributed by atoms with Gasteiger partial charge in [-0.1, -0.05) is 13.8 Å². The molecule has 0 spiro atoms. The lowest BCUT2D eigenvalue weighted by Crippen LogP contribution is -2.12. The summed E-state index contributed by atoms with van der Waals surface area (Å²) in [6.07, 6.45) is 0. The molecule has 6 heteroatoms. The Labute approximate surface area is 90.8 Å². The van der Waals surface area contributed by atoms with E-state index in [1.165, 1.54) is 23.5 Å². The number of aliphatic carboxylic acids is 2. The molecule has 0 unspecified atom stereocenters. The average molecular weight is 236 g/mol. The summed E-state index contributed by atoms with van der Waals surface area (Å²) in [5.74, 6) is -1.44. The van der Waals surface area contributed by atoms with Crippen molar-refractivity contribution >= 4 is 35.5 Å². The summed E-state index contributed by atoms with van der Waals surface area (Å²) in [5.41, 5.74) is -0.524. The first-order chi connectivity index (χ1) is 6.54. The minimum Gasteiger partial charge on any atom is -0.477 e. The smallest absolute Gasteiger partial charge is 0.344 e. The zero-order valence-electron chi connectivity index (χ0n) is 7.94. The second-order valence-corrected chi connectivity index (χ2v) is 4.95. The van der Waals surface area contributed by atoms with Crippen LogP contribution in [0.4, 0.5) is 0 Å². The zero-order chi connectivity index (χ0) is 11.1. The molecule has 0 heterocycles. The molecule has 0 amide bonds. The number of carbonyl (C=O) groups is 2. The zero-order valence-corrected chi connectivity index (χ0v) is 9.57. The van der Waals surface area contributed by atoms with Gasteiger partial charge >= 0.3 is 11.9 Å². The minimum atomic E-state index is -1.38. The monoisotopic (exact) mass is 236 g/mol. The highest BCUT2D eigenvalue weighted by atomic mass is 32.2. The summed E-state index contributed by atoms with van der Waals surface area (Å²) in [6.45, 7) is 3.70. The molecule has 0 bridgehead atoms. The maximum atomic E-state index is 10.7. The molecule has 0 aliphatic heterocycles. The van der Waals surface area contributed by atoms with Crippen LogP contribution in [0.5, 0.6) is 0 Å². The number of thioether (sulfide) groups is 2. The molecule has 0 radical (unpaired) electrons.